The molecule has 0 aliphatic carbocycles. The Morgan fingerprint density at radius 2 is 1.69 bits per heavy atom. The van der Waals surface area contributed by atoms with Crippen LogP contribution >= 0.6 is 0 Å². The highest BCUT2D eigenvalue weighted by molar-refractivity contribution is 6.96. The van der Waals surface area contributed by atoms with E-state index in [0.717, 1.165) is 13.7 Å². The predicted molar refractivity (Wildman–Crippen MR) is 65.7 cm³/mol. The van der Waals surface area contributed by atoms with Crippen molar-refractivity contribution in [1.82, 2.24) is 10.6 Å². The maximum absolute atomic E-state index is 11.4. The molecule has 0 saturated carbocycles. The van der Waals surface area contributed by atoms with Crippen molar-refractivity contribution in [3.8, 4) is 0 Å². The van der Waals surface area contributed by atoms with E-state index in [0.29, 0.717) is 0 Å². The minimum Gasteiger partial charge on any atom is -0.378 e. The number of amides is 2. The van der Waals surface area contributed by atoms with Crippen molar-refractivity contribution in [2.45, 2.75) is 45.2 Å². The van der Waals surface area contributed by atoms with Crippen LogP contribution in [0.1, 0.15) is 34.1 Å². The molecule has 5 nitrogen and oxygen atoms in total. The lowest BCUT2D eigenvalue weighted by molar-refractivity contribution is 0.233. The summed E-state index contributed by atoms with van der Waals surface area (Å²) in [4.78, 5) is 21.9. The number of carbonyl (C=O) groups excluding carboxylic acids is 2. The monoisotopic (exact) mass is 226 g/mol. The highest BCUT2D eigenvalue weighted by Crippen LogP contribution is 2.19. The lowest BCUT2D eigenvalue weighted by Crippen LogP contribution is -2.53. The first-order valence-corrected chi connectivity index (χ1v) is 5.23. The van der Waals surface area contributed by atoms with Gasteiger partial charge >= 0.3 is 7.28 Å². The maximum Gasteiger partial charge on any atom is 0.349 e. The molecule has 91 valence electrons. The first-order valence-electron chi connectivity index (χ1n) is 5.23. The lowest BCUT2D eigenvalue weighted by Gasteiger charge is -2.35. The molecule has 4 N–H and O–H groups in total. The summed E-state index contributed by atoms with van der Waals surface area (Å²) < 4.78 is 0. The summed E-state index contributed by atoms with van der Waals surface area (Å²) in [5, 5.41) is 5.90. The highest BCUT2D eigenvalue weighted by atomic mass is 16.2. The fourth-order valence-electron chi connectivity index (χ4n) is 1.74. The van der Waals surface area contributed by atoms with Gasteiger partial charge < -0.3 is 16.4 Å². The standard InChI is InChI=1S/C10H21BN3O2/c1-9(2,13-5)6-10(3,4)14-8(16)11-7(12)15/h13H,6H2,1-5H3,(H2,12,15)(H,14,16). The van der Waals surface area contributed by atoms with Gasteiger partial charge in [-0.15, -0.1) is 0 Å². The second-order valence-electron chi connectivity index (χ2n) is 5.23. The third-order valence-corrected chi connectivity index (χ3v) is 2.30. The molecule has 0 aromatic heterocycles. The number of primary amides is 1. The topological polar surface area (TPSA) is 84.2 Å². The van der Waals surface area contributed by atoms with E-state index in [1.54, 1.807) is 0 Å². The molecule has 0 atom stereocenters. The fourth-order valence-corrected chi connectivity index (χ4v) is 1.74. The van der Waals surface area contributed by atoms with Crippen LogP contribution in [0.15, 0.2) is 0 Å². The normalized spacial score (nSPS) is 12.1. The van der Waals surface area contributed by atoms with E-state index in [1.807, 2.05) is 34.7 Å². The molecule has 0 heterocycles. The highest BCUT2D eigenvalue weighted by Gasteiger charge is 2.29. The molecule has 2 amide bonds. The maximum atomic E-state index is 11.4. The summed E-state index contributed by atoms with van der Waals surface area (Å²) in [6, 6.07) is 0. The molecular formula is C10H21BN3O2. The van der Waals surface area contributed by atoms with Gasteiger partial charge in [0.05, 0.1) is 0 Å². The summed E-state index contributed by atoms with van der Waals surface area (Å²) in [5.41, 5.74) is 4.40. The average molecular weight is 226 g/mol. The Bertz CT molecular complexity index is 277. The van der Waals surface area contributed by atoms with Crippen LogP contribution in [0.3, 0.4) is 0 Å². The van der Waals surface area contributed by atoms with E-state index >= 15 is 0 Å². The zero-order valence-corrected chi connectivity index (χ0v) is 10.7. The molecule has 0 rings (SSSR count). The number of carbonyl (C=O) groups is 2. The summed E-state index contributed by atoms with van der Waals surface area (Å²) >= 11 is 0. The van der Waals surface area contributed by atoms with Gasteiger partial charge in [0, 0.05) is 11.1 Å². The SMILES string of the molecule is CNC(C)(C)CC(C)(C)NC(=O)[B]C(N)=O. The summed E-state index contributed by atoms with van der Waals surface area (Å²) in [6.07, 6.45) is 0.731. The van der Waals surface area contributed by atoms with Crippen LogP contribution in [0.5, 0.6) is 0 Å². The number of nitrogens with two attached hydrogens (primary N) is 1. The molecule has 0 aliphatic rings. The van der Waals surface area contributed by atoms with Crippen LogP contribution in [0.4, 0.5) is 9.59 Å². The van der Waals surface area contributed by atoms with Gasteiger partial charge in [-0.3, -0.25) is 9.59 Å². The average Bonchev–Trinajstić information content (AvgIpc) is 1.98. The Balaban J connectivity index is 4.34. The van der Waals surface area contributed by atoms with Crippen molar-refractivity contribution in [3.63, 3.8) is 0 Å². The molecule has 0 aromatic rings. The second kappa shape index (κ2) is 5.34. The third-order valence-electron chi connectivity index (χ3n) is 2.30. The molecule has 0 spiro atoms. The number of hydrogen-bond acceptors (Lipinski definition) is 3. The van der Waals surface area contributed by atoms with Gasteiger partial charge in [0.15, 0.2) is 11.6 Å². The van der Waals surface area contributed by atoms with Crippen LogP contribution < -0.4 is 16.4 Å². The van der Waals surface area contributed by atoms with Gasteiger partial charge in [0.1, 0.15) is 0 Å². The molecular weight excluding hydrogens is 205 g/mol. The van der Waals surface area contributed by atoms with Gasteiger partial charge in [-0.25, -0.2) is 0 Å². The van der Waals surface area contributed by atoms with Crippen LogP contribution in [-0.4, -0.2) is 37.0 Å². The van der Waals surface area contributed by atoms with Crippen LogP contribution in [0.2, 0.25) is 0 Å². The van der Waals surface area contributed by atoms with Gasteiger partial charge in [-0.2, -0.15) is 0 Å². The Kier molecular flexibility index (Phi) is 5.00. The molecule has 0 unspecified atom stereocenters. The summed E-state index contributed by atoms with van der Waals surface area (Å²) in [5.74, 6) is -1.19. The number of hydrogen-bond donors (Lipinski definition) is 3. The van der Waals surface area contributed by atoms with E-state index in [9.17, 15) is 9.59 Å². The number of nitrogens with one attached hydrogen (secondary N) is 2. The smallest absolute Gasteiger partial charge is 0.349 e. The zero-order valence-electron chi connectivity index (χ0n) is 10.7. The molecule has 1 radical (unpaired) electrons. The third kappa shape index (κ3) is 6.45. The summed E-state index contributed by atoms with van der Waals surface area (Å²) in [6.45, 7) is 7.88. The predicted octanol–water partition coefficient (Wildman–Crippen LogP) is 0.646. The molecule has 0 fully saturated rings. The quantitative estimate of drug-likeness (QED) is 0.581. The molecule has 0 bridgehead atoms. The fraction of sp³-hybridized carbons (Fsp3) is 0.800. The van der Waals surface area contributed by atoms with Crippen LogP contribution in [0, 0.1) is 0 Å². The van der Waals surface area contributed by atoms with Crippen LogP contribution in [-0.2, 0) is 0 Å². The van der Waals surface area contributed by atoms with Gasteiger partial charge in [0.25, 0.3) is 0 Å². The van der Waals surface area contributed by atoms with Crippen molar-refractivity contribution in [3.05, 3.63) is 0 Å². The Morgan fingerprint density at radius 1 is 1.19 bits per heavy atom. The van der Waals surface area contributed by atoms with Gasteiger partial charge in [-0.1, -0.05) is 0 Å². The summed E-state index contributed by atoms with van der Waals surface area (Å²) in [7, 11) is 2.72. The Hall–Kier alpha value is -1.04. The van der Waals surface area contributed by atoms with Gasteiger partial charge in [0.2, 0.25) is 0 Å². The minimum atomic E-state index is -0.735. The zero-order chi connectivity index (χ0) is 13.0. The largest absolute Gasteiger partial charge is 0.378 e. The van der Waals surface area contributed by atoms with Crippen molar-refractivity contribution >= 4 is 18.9 Å². The molecule has 6 heteroatoms. The van der Waals surface area contributed by atoms with E-state index in [4.69, 9.17) is 5.73 Å². The first-order chi connectivity index (χ1) is 7.08. The van der Waals surface area contributed by atoms with Crippen molar-refractivity contribution < 1.29 is 9.59 Å². The van der Waals surface area contributed by atoms with E-state index < -0.39 is 17.2 Å². The number of rotatable bonds is 6. The first kappa shape index (κ1) is 15.0. The molecule has 16 heavy (non-hydrogen) atoms. The second-order valence-corrected chi connectivity index (χ2v) is 5.23. The molecule has 0 saturated heterocycles. The van der Waals surface area contributed by atoms with Crippen molar-refractivity contribution in [2.24, 2.45) is 5.73 Å². The lowest BCUT2D eigenvalue weighted by atomic mass is 9.75. The minimum absolute atomic E-state index is 0.0937. The van der Waals surface area contributed by atoms with Gasteiger partial charge in [-0.05, 0) is 41.2 Å². The van der Waals surface area contributed by atoms with E-state index in [-0.39, 0.29) is 5.54 Å². The Morgan fingerprint density at radius 3 is 2.06 bits per heavy atom. The van der Waals surface area contributed by atoms with Crippen molar-refractivity contribution in [1.29, 1.82) is 0 Å². The van der Waals surface area contributed by atoms with Crippen LogP contribution in [0.25, 0.3) is 0 Å². The molecule has 0 aromatic carbocycles. The van der Waals surface area contributed by atoms with E-state index in [1.165, 1.54) is 0 Å². The van der Waals surface area contributed by atoms with Crippen molar-refractivity contribution in [2.75, 3.05) is 7.05 Å². The Labute approximate surface area is 97.8 Å². The van der Waals surface area contributed by atoms with E-state index in [2.05, 4.69) is 10.6 Å². The molecule has 0 aliphatic heterocycles.